The van der Waals surface area contributed by atoms with Crippen LogP contribution < -0.4 is 20.1 Å². The molecule has 1 heterocycles. The molecule has 0 amide bonds. The van der Waals surface area contributed by atoms with Gasteiger partial charge in [-0.1, -0.05) is 0 Å². The van der Waals surface area contributed by atoms with Crippen LogP contribution in [0.15, 0.2) is 23.2 Å². The molecule has 0 radical (unpaired) electrons. The van der Waals surface area contributed by atoms with Crippen molar-refractivity contribution < 1.29 is 9.47 Å². The Morgan fingerprint density at radius 2 is 1.96 bits per heavy atom. The van der Waals surface area contributed by atoms with Gasteiger partial charge in [0.05, 0.1) is 14.2 Å². The number of rotatable bonds is 6. The summed E-state index contributed by atoms with van der Waals surface area (Å²) in [7, 11) is 5.17. The zero-order valence-electron chi connectivity index (χ0n) is 14.6. The summed E-state index contributed by atoms with van der Waals surface area (Å²) in [6.07, 6.45) is 1.12. The third kappa shape index (κ3) is 5.03. The minimum Gasteiger partial charge on any atom is -0.497 e. The number of benzene rings is 1. The lowest BCUT2D eigenvalue weighted by Crippen LogP contribution is -2.44. The first-order valence-electron chi connectivity index (χ1n) is 8.10. The first-order valence-corrected chi connectivity index (χ1v) is 8.10. The van der Waals surface area contributed by atoms with Crippen LogP contribution in [0.3, 0.4) is 0 Å². The average molecular weight is 320 g/mol. The van der Waals surface area contributed by atoms with Crippen molar-refractivity contribution in [2.45, 2.75) is 25.9 Å². The molecule has 2 rings (SSSR count). The molecule has 0 bridgehead atoms. The second-order valence-electron chi connectivity index (χ2n) is 5.69. The summed E-state index contributed by atoms with van der Waals surface area (Å²) in [6, 6.07) is 6.47. The molecular formula is C17H28N4O2. The fraction of sp³-hybridized carbons (Fsp3) is 0.588. The van der Waals surface area contributed by atoms with E-state index in [9.17, 15) is 0 Å². The number of guanidine groups is 1. The molecule has 0 saturated carbocycles. The standard InChI is InChI=1S/C17H28N4O2/c1-5-19-17(18-2)20-14-6-7-21(12-14)11-13-8-15(22-3)10-16(9-13)23-4/h8-10,14H,5-7,11-12H2,1-4H3,(H2,18,19,20). The van der Waals surface area contributed by atoms with Crippen LogP contribution in [0.2, 0.25) is 0 Å². The van der Waals surface area contributed by atoms with E-state index < -0.39 is 0 Å². The molecule has 0 spiro atoms. The highest BCUT2D eigenvalue weighted by molar-refractivity contribution is 5.79. The van der Waals surface area contributed by atoms with Crippen LogP contribution in [0.1, 0.15) is 18.9 Å². The number of ether oxygens (including phenoxy) is 2. The molecule has 1 aliphatic rings. The second kappa shape index (κ2) is 8.62. The molecule has 1 unspecified atom stereocenters. The second-order valence-corrected chi connectivity index (χ2v) is 5.69. The van der Waals surface area contributed by atoms with Gasteiger partial charge in [0.2, 0.25) is 0 Å². The first-order chi connectivity index (χ1) is 11.2. The zero-order chi connectivity index (χ0) is 16.7. The Morgan fingerprint density at radius 1 is 1.26 bits per heavy atom. The van der Waals surface area contributed by atoms with E-state index in [4.69, 9.17) is 9.47 Å². The topological polar surface area (TPSA) is 58.1 Å². The monoisotopic (exact) mass is 320 g/mol. The van der Waals surface area contributed by atoms with E-state index in [-0.39, 0.29) is 0 Å². The SMILES string of the molecule is CCNC(=NC)NC1CCN(Cc2cc(OC)cc(OC)c2)C1. The minimum atomic E-state index is 0.431. The summed E-state index contributed by atoms with van der Waals surface area (Å²) in [5.41, 5.74) is 1.21. The predicted octanol–water partition coefficient (Wildman–Crippen LogP) is 1.46. The van der Waals surface area contributed by atoms with Crippen molar-refractivity contribution in [1.29, 1.82) is 0 Å². The van der Waals surface area contributed by atoms with E-state index in [1.54, 1.807) is 21.3 Å². The Balaban J connectivity index is 1.92. The summed E-state index contributed by atoms with van der Waals surface area (Å²) in [6.45, 7) is 5.92. The van der Waals surface area contributed by atoms with Crippen LogP contribution in [0, 0.1) is 0 Å². The molecule has 1 saturated heterocycles. The Bertz CT molecular complexity index is 511. The molecule has 1 atom stereocenters. The fourth-order valence-corrected chi connectivity index (χ4v) is 2.87. The molecule has 0 aliphatic carbocycles. The molecule has 0 aromatic heterocycles. The largest absolute Gasteiger partial charge is 0.497 e. The average Bonchev–Trinajstić information content (AvgIpc) is 3.00. The molecule has 1 fully saturated rings. The van der Waals surface area contributed by atoms with Gasteiger partial charge >= 0.3 is 0 Å². The normalized spacial score (nSPS) is 18.8. The lowest BCUT2D eigenvalue weighted by molar-refractivity contribution is 0.321. The molecule has 6 heteroatoms. The summed E-state index contributed by atoms with van der Waals surface area (Å²) < 4.78 is 10.7. The molecule has 1 aromatic carbocycles. The van der Waals surface area contributed by atoms with Crippen molar-refractivity contribution in [3.8, 4) is 11.5 Å². The number of likely N-dealkylation sites (tertiary alicyclic amines) is 1. The number of hydrogen-bond acceptors (Lipinski definition) is 4. The third-order valence-corrected chi connectivity index (χ3v) is 4.00. The highest BCUT2D eigenvalue weighted by Crippen LogP contribution is 2.24. The van der Waals surface area contributed by atoms with E-state index in [0.717, 1.165) is 50.1 Å². The van der Waals surface area contributed by atoms with Crippen molar-refractivity contribution in [2.75, 3.05) is 40.9 Å². The van der Waals surface area contributed by atoms with Crippen LogP contribution >= 0.6 is 0 Å². The quantitative estimate of drug-likeness (QED) is 0.614. The molecule has 2 N–H and O–H groups in total. The van der Waals surface area contributed by atoms with Crippen LogP contribution in [0.25, 0.3) is 0 Å². The summed E-state index contributed by atoms with van der Waals surface area (Å²) in [4.78, 5) is 6.67. The molecular weight excluding hydrogens is 292 g/mol. The van der Waals surface area contributed by atoms with Crippen molar-refractivity contribution in [3.63, 3.8) is 0 Å². The van der Waals surface area contributed by atoms with E-state index in [1.807, 2.05) is 6.07 Å². The van der Waals surface area contributed by atoms with Gasteiger partial charge in [-0.3, -0.25) is 9.89 Å². The smallest absolute Gasteiger partial charge is 0.191 e. The number of hydrogen-bond donors (Lipinski definition) is 2. The summed E-state index contributed by atoms with van der Waals surface area (Å²) in [5.74, 6) is 2.55. The Hall–Kier alpha value is -1.95. The highest BCUT2D eigenvalue weighted by atomic mass is 16.5. The van der Waals surface area contributed by atoms with Gasteiger partial charge in [-0.15, -0.1) is 0 Å². The summed E-state index contributed by atoms with van der Waals surface area (Å²) in [5, 5.41) is 6.72. The zero-order valence-corrected chi connectivity index (χ0v) is 14.6. The molecule has 1 aliphatic heterocycles. The van der Waals surface area contributed by atoms with Crippen molar-refractivity contribution in [1.82, 2.24) is 15.5 Å². The summed E-state index contributed by atoms with van der Waals surface area (Å²) >= 11 is 0. The van der Waals surface area contributed by atoms with Gasteiger partial charge in [-0.05, 0) is 31.0 Å². The highest BCUT2D eigenvalue weighted by Gasteiger charge is 2.23. The van der Waals surface area contributed by atoms with Gasteiger partial charge in [0.25, 0.3) is 0 Å². The molecule has 128 valence electrons. The first kappa shape index (κ1) is 17.4. The number of nitrogens with one attached hydrogen (secondary N) is 2. The van der Waals surface area contributed by atoms with E-state index in [0.29, 0.717) is 6.04 Å². The maximum Gasteiger partial charge on any atom is 0.191 e. The molecule has 6 nitrogen and oxygen atoms in total. The fourth-order valence-electron chi connectivity index (χ4n) is 2.87. The number of nitrogens with zero attached hydrogens (tertiary/aromatic N) is 2. The van der Waals surface area contributed by atoms with Crippen LogP contribution in [0.4, 0.5) is 0 Å². The van der Waals surface area contributed by atoms with Crippen molar-refractivity contribution in [3.05, 3.63) is 23.8 Å². The maximum atomic E-state index is 5.34. The van der Waals surface area contributed by atoms with Crippen molar-refractivity contribution in [2.24, 2.45) is 4.99 Å². The number of aliphatic imine (C=N–C) groups is 1. The third-order valence-electron chi connectivity index (χ3n) is 4.00. The van der Waals surface area contributed by atoms with E-state index in [2.05, 4.69) is 39.6 Å². The van der Waals surface area contributed by atoms with Gasteiger partial charge in [0.15, 0.2) is 5.96 Å². The lowest BCUT2D eigenvalue weighted by Gasteiger charge is -2.19. The van der Waals surface area contributed by atoms with Gasteiger partial charge in [-0.2, -0.15) is 0 Å². The van der Waals surface area contributed by atoms with Gasteiger partial charge in [0, 0.05) is 45.3 Å². The van der Waals surface area contributed by atoms with Crippen LogP contribution in [-0.2, 0) is 6.54 Å². The minimum absolute atomic E-state index is 0.431. The van der Waals surface area contributed by atoms with Crippen molar-refractivity contribution >= 4 is 5.96 Å². The Morgan fingerprint density at radius 3 is 2.52 bits per heavy atom. The van der Waals surface area contributed by atoms with Gasteiger partial charge in [0.1, 0.15) is 11.5 Å². The lowest BCUT2D eigenvalue weighted by atomic mass is 10.2. The predicted molar refractivity (Wildman–Crippen MR) is 93.4 cm³/mol. The van der Waals surface area contributed by atoms with E-state index >= 15 is 0 Å². The van der Waals surface area contributed by atoms with Crippen LogP contribution in [-0.4, -0.2) is 57.8 Å². The molecule has 23 heavy (non-hydrogen) atoms. The number of methoxy groups -OCH3 is 2. The van der Waals surface area contributed by atoms with E-state index in [1.165, 1.54) is 5.56 Å². The van der Waals surface area contributed by atoms with Gasteiger partial charge in [-0.25, -0.2) is 0 Å². The van der Waals surface area contributed by atoms with Gasteiger partial charge < -0.3 is 20.1 Å². The maximum absolute atomic E-state index is 5.34. The Kier molecular flexibility index (Phi) is 6.52. The van der Waals surface area contributed by atoms with Crippen LogP contribution in [0.5, 0.6) is 11.5 Å². The Labute approximate surface area is 138 Å². The molecule has 1 aromatic rings.